The Morgan fingerprint density at radius 3 is 2.62 bits per heavy atom. The highest BCUT2D eigenvalue weighted by Gasteiger charge is 2.24. The Kier molecular flexibility index (Phi) is 4.76. The summed E-state index contributed by atoms with van der Waals surface area (Å²) in [6.45, 7) is 0. The molecule has 0 aliphatic heterocycles. The summed E-state index contributed by atoms with van der Waals surface area (Å²) in [5, 5.41) is 8.54. The SMILES string of the molecule is O=C(CCc1ccc(Cl)cc1)Nc1c2c(nn1-c1ccccc1)CCC2. The number of halogens is 1. The lowest BCUT2D eigenvalue weighted by atomic mass is 10.1. The van der Waals surface area contributed by atoms with Crippen molar-refractivity contribution >= 4 is 23.3 Å². The van der Waals surface area contributed by atoms with Crippen molar-refractivity contribution in [3.63, 3.8) is 0 Å². The number of fused-ring (bicyclic) bond motifs is 1. The fourth-order valence-corrected chi connectivity index (χ4v) is 3.51. The number of benzene rings is 2. The number of nitrogens with one attached hydrogen (secondary N) is 1. The lowest BCUT2D eigenvalue weighted by Gasteiger charge is -2.11. The molecule has 1 amide bonds. The van der Waals surface area contributed by atoms with Gasteiger partial charge in [-0.2, -0.15) is 5.10 Å². The lowest BCUT2D eigenvalue weighted by Crippen LogP contribution is -2.16. The number of amides is 1. The van der Waals surface area contributed by atoms with Crippen molar-refractivity contribution in [2.75, 3.05) is 5.32 Å². The standard InChI is InChI=1S/C21H20ClN3O/c22-16-12-9-15(10-13-16)11-14-20(26)23-21-18-7-4-8-19(18)24-25(21)17-5-2-1-3-6-17/h1-3,5-6,9-10,12-13H,4,7-8,11,14H2,(H,23,26). The number of para-hydroxylation sites is 1. The second kappa shape index (κ2) is 7.34. The predicted molar refractivity (Wildman–Crippen MR) is 104 cm³/mol. The number of hydrogen-bond donors (Lipinski definition) is 1. The van der Waals surface area contributed by atoms with Crippen molar-refractivity contribution in [3.05, 3.63) is 76.4 Å². The molecule has 0 unspecified atom stereocenters. The molecule has 2 aromatic carbocycles. The first kappa shape index (κ1) is 16.9. The molecule has 26 heavy (non-hydrogen) atoms. The van der Waals surface area contributed by atoms with E-state index in [1.54, 1.807) is 0 Å². The molecule has 1 aromatic heterocycles. The van der Waals surface area contributed by atoms with Crippen LogP contribution >= 0.6 is 11.6 Å². The molecular weight excluding hydrogens is 346 g/mol. The summed E-state index contributed by atoms with van der Waals surface area (Å²) in [6.07, 6.45) is 4.15. The largest absolute Gasteiger partial charge is 0.310 e. The Hall–Kier alpha value is -2.59. The van der Waals surface area contributed by atoms with Crippen LogP contribution in [-0.4, -0.2) is 15.7 Å². The Labute approximate surface area is 157 Å². The molecular formula is C21H20ClN3O. The van der Waals surface area contributed by atoms with E-state index in [1.807, 2.05) is 59.3 Å². The van der Waals surface area contributed by atoms with Crippen molar-refractivity contribution in [1.29, 1.82) is 0 Å². The maximum Gasteiger partial charge on any atom is 0.225 e. The summed E-state index contributed by atoms with van der Waals surface area (Å²) in [4.78, 5) is 12.6. The quantitative estimate of drug-likeness (QED) is 0.719. The molecule has 0 saturated heterocycles. The smallest absolute Gasteiger partial charge is 0.225 e. The molecule has 4 nitrogen and oxygen atoms in total. The fourth-order valence-electron chi connectivity index (χ4n) is 3.38. The van der Waals surface area contributed by atoms with Crippen molar-refractivity contribution < 1.29 is 4.79 Å². The van der Waals surface area contributed by atoms with Gasteiger partial charge in [0.15, 0.2) is 0 Å². The summed E-state index contributed by atoms with van der Waals surface area (Å²) in [7, 11) is 0. The highest BCUT2D eigenvalue weighted by Crippen LogP contribution is 2.31. The normalized spacial score (nSPS) is 12.8. The third-order valence-electron chi connectivity index (χ3n) is 4.72. The molecule has 1 heterocycles. The van der Waals surface area contributed by atoms with Crippen molar-refractivity contribution in [2.45, 2.75) is 32.1 Å². The molecule has 0 radical (unpaired) electrons. The molecule has 0 saturated carbocycles. The Balaban J connectivity index is 1.52. The molecule has 0 bridgehead atoms. The van der Waals surface area contributed by atoms with E-state index in [4.69, 9.17) is 16.7 Å². The molecule has 132 valence electrons. The number of carbonyl (C=O) groups is 1. The van der Waals surface area contributed by atoms with Crippen LogP contribution < -0.4 is 5.32 Å². The molecule has 1 N–H and O–H groups in total. The van der Waals surface area contributed by atoms with Gasteiger partial charge in [0.25, 0.3) is 0 Å². The second-order valence-electron chi connectivity index (χ2n) is 6.55. The van der Waals surface area contributed by atoms with Crippen LogP contribution in [0.1, 0.15) is 29.7 Å². The van der Waals surface area contributed by atoms with E-state index < -0.39 is 0 Å². The zero-order chi connectivity index (χ0) is 17.9. The average Bonchev–Trinajstić information content (AvgIpc) is 3.25. The number of nitrogens with zero attached hydrogens (tertiary/aromatic N) is 2. The number of anilines is 1. The van der Waals surface area contributed by atoms with Crippen molar-refractivity contribution in [3.8, 4) is 5.69 Å². The van der Waals surface area contributed by atoms with Crippen LogP contribution in [0.25, 0.3) is 5.69 Å². The van der Waals surface area contributed by atoms with Gasteiger partial charge in [0.05, 0.1) is 11.4 Å². The Morgan fingerprint density at radius 2 is 1.85 bits per heavy atom. The summed E-state index contributed by atoms with van der Waals surface area (Å²) in [5.74, 6) is 0.830. The number of hydrogen-bond acceptors (Lipinski definition) is 2. The van der Waals surface area contributed by atoms with Gasteiger partial charge in [-0.3, -0.25) is 4.79 Å². The second-order valence-corrected chi connectivity index (χ2v) is 6.99. The molecule has 4 rings (SSSR count). The molecule has 0 atom stereocenters. The van der Waals surface area contributed by atoms with Gasteiger partial charge in [-0.05, 0) is 55.5 Å². The Bertz CT molecular complexity index is 916. The predicted octanol–water partition coefficient (Wildman–Crippen LogP) is 4.59. The molecule has 3 aromatic rings. The van der Waals surface area contributed by atoms with Gasteiger partial charge in [0.2, 0.25) is 5.91 Å². The zero-order valence-corrected chi connectivity index (χ0v) is 15.2. The lowest BCUT2D eigenvalue weighted by molar-refractivity contribution is -0.116. The minimum atomic E-state index is 0.00623. The van der Waals surface area contributed by atoms with Gasteiger partial charge in [0, 0.05) is 17.0 Å². The summed E-state index contributed by atoms with van der Waals surface area (Å²) < 4.78 is 1.87. The molecule has 1 aliphatic carbocycles. The average molecular weight is 366 g/mol. The van der Waals surface area contributed by atoms with Crippen molar-refractivity contribution in [1.82, 2.24) is 9.78 Å². The zero-order valence-electron chi connectivity index (χ0n) is 14.4. The topological polar surface area (TPSA) is 46.9 Å². The fraction of sp³-hybridized carbons (Fsp3) is 0.238. The van der Waals surface area contributed by atoms with Gasteiger partial charge >= 0.3 is 0 Å². The maximum absolute atomic E-state index is 12.6. The van der Waals surface area contributed by atoms with E-state index in [-0.39, 0.29) is 5.91 Å². The van der Waals surface area contributed by atoms with E-state index in [2.05, 4.69) is 5.32 Å². The monoisotopic (exact) mass is 365 g/mol. The molecule has 1 aliphatic rings. The summed E-state index contributed by atoms with van der Waals surface area (Å²) >= 11 is 5.91. The van der Waals surface area contributed by atoms with Gasteiger partial charge in [-0.1, -0.05) is 41.9 Å². The highest BCUT2D eigenvalue weighted by molar-refractivity contribution is 6.30. The minimum absolute atomic E-state index is 0.00623. The van der Waals surface area contributed by atoms with Gasteiger partial charge in [0.1, 0.15) is 5.82 Å². The van der Waals surface area contributed by atoms with Gasteiger partial charge in [-0.15, -0.1) is 0 Å². The number of rotatable bonds is 5. The van der Waals surface area contributed by atoms with Crippen LogP contribution in [0.5, 0.6) is 0 Å². The first-order valence-corrected chi connectivity index (χ1v) is 9.29. The molecule has 5 heteroatoms. The van der Waals surface area contributed by atoms with Crippen LogP contribution in [0.3, 0.4) is 0 Å². The van der Waals surface area contributed by atoms with E-state index in [0.29, 0.717) is 17.9 Å². The van der Waals surface area contributed by atoms with Crippen molar-refractivity contribution in [2.24, 2.45) is 0 Å². The van der Waals surface area contributed by atoms with Crippen LogP contribution in [0.15, 0.2) is 54.6 Å². The number of carbonyl (C=O) groups excluding carboxylic acids is 1. The first-order chi connectivity index (χ1) is 12.7. The third kappa shape index (κ3) is 3.51. The molecule has 0 spiro atoms. The van der Waals surface area contributed by atoms with E-state index in [9.17, 15) is 4.79 Å². The van der Waals surface area contributed by atoms with E-state index in [1.165, 1.54) is 5.56 Å². The minimum Gasteiger partial charge on any atom is -0.310 e. The van der Waals surface area contributed by atoms with E-state index in [0.717, 1.165) is 42.0 Å². The van der Waals surface area contributed by atoms with Crippen LogP contribution in [-0.2, 0) is 24.1 Å². The van der Waals surface area contributed by atoms with Gasteiger partial charge < -0.3 is 5.32 Å². The first-order valence-electron chi connectivity index (χ1n) is 8.91. The van der Waals surface area contributed by atoms with Gasteiger partial charge in [-0.25, -0.2) is 4.68 Å². The van der Waals surface area contributed by atoms with Crippen LogP contribution in [0.2, 0.25) is 5.02 Å². The summed E-state index contributed by atoms with van der Waals surface area (Å²) in [6, 6.07) is 17.6. The summed E-state index contributed by atoms with van der Waals surface area (Å²) in [5.41, 5.74) is 4.34. The number of aryl methyl sites for hydroxylation is 2. The number of aromatic nitrogens is 2. The Morgan fingerprint density at radius 1 is 1.08 bits per heavy atom. The molecule has 0 fully saturated rings. The highest BCUT2D eigenvalue weighted by atomic mass is 35.5. The van der Waals surface area contributed by atoms with Crippen LogP contribution in [0.4, 0.5) is 5.82 Å². The third-order valence-corrected chi connectivity index (χ3v) is 4.97. The van der Waals surface area contributed by atoms with E-state index >= 15 is 0 Å². The van der Waals surface area contributed by atoms with Crippen LogP contribution in [0, 0.1) is 0 Å². The maximum atomic E-state index is 12.6.